The molecule has 94 valence electrons. The quantitative estimate of drug-likeness (QED) is 0.804. The SMILES string of the molecule is CCC(O)(CC)COC(=O)c1ccc(F)cc1. The van der Waals surface area contributed by atoms with Crippen LogP contribution < -0.4 is 0 Å². The molecule has 0 radical (unpaired) electrons. The Balaban J connectivity index is 2.58. The highest BCUT2D eigenvalue weighted by molar-refractivity contribution is 5.89. The van der Waals surface area contributed by atoms with E-state index in [-0.39, 0.29) is 12.2 Å². The van der Waals surface area contributed by atoms with Gasteiger partial charge in [0, 0.05) is 0 Å². The Morgan fingerprint density at radius 2 is 1.82 bits per heavy atom. The van der Waals surface area contributed by atoms with Crippen LogP contribution in [-0.2, 0) is 4.74 Å². The second kappa shape index (κ2) is 5.77. The summed E-state index contributed by atoms with van der Waals surface area (Å²) >= 11 is 0. The molecule has 0 heterocycles. The maximum Gasteiger partial charge on any atom is 0.338 e. The first-order valence-corrected chi connectivity index (χ1v) is 5.66. The van der Waals surface area contributed by atoms with Gasteiger partial charge in [-0.15, -0.1) is 0 Å². The van der Waals surface area contributed by atoms with E-state index in [4.69, 9.17) is 4.74 Å². The zero-order valence-corrected chi connectivity index (χ0v) is 10.1. The highest BCUT2D eigenvalue weighted by atomic mass is 19.1. The fraction of sp³-hybridized carbons (Fsp3) is 0.462. The van der Waals surface area contributed by atoms with Crippen molar-refractivity contribution in [3.63, 3.8) is 0 Å². The maximum atomic E-state index is 12.6. The molecule has 0 fully saturated rings. The number of hydrogen-bond acceptors (Lipinski definition) is 3. The summed E-state index contributed by atoms with van der Waals surface area (Å²) in [5.41, 5.74) is -0.698. The van der Waals surface area contributed by atoms with Crippen LogP contribution in [0.2, 0.25) is 0 Å². The Morgan fingerprint density at radius 1 is 1.29 bits per heavy atom. The van der Waals surface area contributed by atoms with Crippen LogP contribution >= 0.6 is 0 Å². The molecule has 1 N–H and O–H groups in total. The minimum Gasteiger partial charge on any atom is -0.459 e. The van der Waals surface area contributed by atoms with Crippen LogP contribution in [0.1, 0.15) is 37.0 Å². The second-order valence-electron chi connectivity index (χ2n) is 4.01. The summed E-state index contributed by atoms with van der Waals surface area (Å²) in [6.07, 6.45) is 1.03. The number of halogens is 1. The van der Waals surface area contributed by atoms with Crippen molar-refractivity contribution in [3.05, 3.63) is 35.6 Å². The number of benzene rings is 1. The molecule has 0 saturated carbocycles. The van der Waals surface area contributed by atoms with Gasteiger partial charge in [-0.25, -0.2) is 9.18 Å². The highest BCUT2D eigenvalue weighted by Crippen LogP contribution is 2.16. The molecule has 0 aliphatic carbocycles. The van der Waals surface area contributed by atoms with E-state index in [1.165, 1.54) is 24.3 Å². The minimum absolute atomic E-state index is 0.0454. The van der Waals surface area contributed by atoms with Crippen molar-refractivity contribution in [3.8, 4) is 0 Å². The first kappa shape index (κ1) is 13.6. The summed E-state index contributed by atoms with van der Waals surface area (Å²) in [6.45, 7) is 3.61. The molecule has 3 nitrogen and oxygen atoms in total. The van der Waals surface area contributed by atoms with Gasteiger partial charge in [0.2, 0.25) is 0 Å². The summed E-state index contributed by atoms with van der Waals surface area (Å²) in [4.78, 5) is 11.6. The van der Waals surface area contributed by atoms with Crippen LogP contribution in [0.25, 0.3) is 0 Å². The van der Waals surface area contributed by atoms with Gasteiger partial charge in [-0.05, 0) is 37.1 Å². The van der Waals surface area contributed by atoms with Crippen molar-refractivity contribution >= 4 is 5.97 Å². The Morgan fingerprint density at radius 3 is 2.29 bits per heavy atom. The molecule has 0 spiro atoms. The van der Waals surface area contributed by atoms with E-state index >= 15 is 0 Å². The Kier molecular flexibility index (Phi) is 4.63. The lowest BCUT2D eigenvalue weighted by Crippen LogP contribution is -2.34. The van der Waals surface area contributed by atoms with Gasteiger partial charge >= 0.3 is 5.97 Å². The molecule has 4 heteroatoms. The van der Waals surface area contributed by atoms with Crippen molar-refractivity contribution in [1.82, 2.24) is 0 Å². The first-order chi connectivity index (χ1) is 8.00. The first-order valence-electron chi connectivity index (χ1n) is 5.66. The highest BCUT2D eigenvalue weighted by Gasteiger charge is 2.24. The van der Waals surface area contributed by atoms with Gasteiger partial charge < -0.3 is 9.84 Å². The van der Waals surface area contributed by atoms with Gasteiger partial charge in [-0.3, -0.25) is 0 Å². The van der Waals surface area contributed by atoms with Gasteiger partial charge in [0.25, 0.3) is 0 Å². The van der Waals surface area contributed by atoms with Crippen LogP contribution in [0.3, 0.4) is 0 Å². The van der Waals surface area contributed by atoms with E-state index in [0.29, 0.717) is 12.8 Å². The third kappa shape index (κ3) is 3.82. The number of ether oxygens (including phenoxy) is 1. The summed E-state index contributed by atoms with van der Waals surface area (Å²) < 4.78 is 17.6. The van der Waals surface area contributed by atoms with Crippen molar-refractivity contribution in [1.29, 1.82) is 0 Å². The standard InChI is InChI=1S/C13H17FO3/c1-3-13(16,4-2)9-17-12(15)10-5-7-11(14)8-6-10/h5-8,16H,3-4,9H2,1-2H3. The molecule has 1 rings (SSSR count). The molecule has 0 unspecified atom stereocenters. The summed E-state index contributed by atoms with van der Waals surface area (Å²) in [6, 6.07) is 5.11. The normalized spacial score (nSPS) is 11.3. The molecule has 0 saturated heterocycles. The lowest BCUT2D eigenvalue weighted by Gasteiger charge is -2.24. The van der Waals surface area contributed by atoms with Crippen LogP contribution in [0.5, 0.6) is 0 Å². The summed E-state index contributed by atoms with van der Waals surface area (Å²) in [5, 5.41) is 9.93. The lowest BCUT2D eigenvalue weighted by atomic mass is 9.99. The molecular weight excluding hydrogens is 223 g/mol. The average molecular weight is 240 g/mol. The van der Waals surface area contributed by atoms with Crippen molar-refractivity contribution in [2.24, 2.45) is 0 Å². The van der Waals surface area contributed by atoms with E-state index in [1.807, 2.05) is 13.8 Å². The molecule has 0 atom stereocenters. The number of rotatable bonds is 5. The maximum absolute atomic E-state index is 12.6. The van der Waals surface area contributed by atoms with Crippen LogP contribution in [0.15, 0.2) is 24.3 Å². The van der Waals surface area contributed by atoms with Gasteiger partial charge in [0.15, 0.2) is 0 Å². The van der Waals surface area contributed by atoms with Crippen molar-refractivity contribution < 1.29 is 19.0 Å². The summed E-state index contributed by atoms with van der Waals surface area (Å²) in [5.74, 6) is -0.953. The second-order valence-corrected chi connectivity index (χ2v) is 4.01. The third-order valence-corrected chi connectivity index (χ3v) is 2.87. The summed E-state index contributed by atoms with van der Waals surface area (Å²) in [7, 11) is 0. The van der Waals surface area contributed by atoms with Gasteiger partial charge in [-0.1, -0.05) is 13.8 Å². The molecule has 0 aromatic heterocycles. The Labute approximate surface area is 100 Å². The van der Waals surface area contributed by atoms with E-state index in [9.17, 15) is 14.3 Å². The van der Waals surface area contributed by atoms with Gasteiger partial charge in [0.05, 0.1) is 11.2 Å². The largest absolute Gasteiger partial charge is 0.459 e. The molecule has 0 amide bonds. The van der Waals surface area contributed by atoms with Crippen molar-refractivity contribution in [2.75, 3.05) is 6.61 Å². The zero-order chi connectivity index (χ0) is 12.9. The van der Waals surface area contributed by atoms with Gasteiger partial charge in [0.1, 0.15) is 12.4 Å². The van der Waals surface area contributed by atoms with Crippen molar-refractivity contribution in [2.45, 2.75) is 32.3 Å². The molecule has 0 bridgehead atoms. The molecule has 17 heavy (non-hydrogen) atoms. The van der Waals surface area contributed by atoms with E-state index in [0.717, 1.165) is 0 Å². The van der Waals surface area contributed by atoms with Gasteiger partial charge in [-0.2, -0.15) is 0 Å². The Hall–Kier alpha value is -1.42. The third-order valence-electron chi connectivity index (χ3n) is 2.87. The number of carbonyl (C=O) groups is 1. The number of hydrogen-bond donors (Lipinski definition) is 1. The molecule has 1 aromatic carbocycles. The number of aliphatic hydroxyl groups is 1. The van der Waals surface area contributed by atoms with E-state index < -0.39 is 17.4 Å². The molecule has 0 aliphatic heterocycles. The minimum atomic E-state index is -0.976. The zero-order valence-electron chi connectivity index (χ0n) is 10.1. The number of esters is 1. The molecule has 0 aliphatic rings. The van der Waals surface area contributed by atoms with Crippen LogP contribution in [0.4, 0.5) is 4.39 Å². The average Bonchev–Trinajstić information content (AvgIpc) is 2.36. The fourth-order valence-corrected chi connectivity index (χ4v) is 1.32. The molecular formula is C13H17FO3. The lowest BCUT2D eigenvalue weighted by molar-refractivity contribution is -0.0366. The Bertz CT molecular complexity index is 369. The monoisotopic (exact) mass is 240 g/mol. The van der Waals surface area contributed by atoms with E-state index in [2.05, 4.69) is 0 Å². The predicted octanol–water partition coefficient (Wildman–Crippen LogP) is 2.53. The molecule has 1 aromatic rings. The predicted molar refractivity (Wildman–Crippen MR) is 62.2 cm³/mol. The van der Waals surface area contributed by atoms with Crippen LogP contribution in [-0.4, -0.2) is 23.3 Å². The number of carbonyl (C=O) groups excluding carboxylic acids is 1. The van der Waals surface area contributed by atoms with E-state index in [1.54, 1.807) is 0 Å². The van der Waals surface area contributed by atoms with Crippen LogP contribution in [0, 0.1) is 5.82 Å². The smallest absolute Gasteiger partial charge is 0.338 e. The topological polar surface area (TPSA) is 46.5 Å². The fourth-order valence-electron chi connectivity index (χ4n) is 1.32.